The maximum Gasteiger partial charge on any atom is 0.126 e. The van der Waals surface area contributed by atoms with Gasteiger partial charge in [0.05, 0.1) is 6.26 Å². The molecule has 0 amide bonds. The Kier molecular flexibility index (Phi) is 3.31. The van der Waals surface area contributed by atoms with E-state index in [1.165, 1.54) is 16.7 Å². The number of nitrogens with one attached hydrogen (secondary N) is 1. The zero-order chi connectivity index (χ0) is 12.4. The van der Waals surface area contributed by atoms with Crippen molar-refractivity contribution < 1.29 is 4.42 Å². The molecule has 0 aliphatic rings. The number of hydrogen-bond donors (Lipinski definition) is 2. The van der Waals surface area contributed by atoms with E-state index in [1.807, 2.05) is 12.1 Å². The van der Waals surface area contributed by atoms with Crippen molar-refractivity contribution in [1.29, 1.82) is 0 Å². The van der Waals surface area contributed by atoms with Crippen LogP contribution in [0.3, 0.4) is 0 Å². The molecule has 90 valence electrons. The van der Waals surface area contributed by atoms with Crippen LogP contribution in [0.4, 0.5) is 0 Å². The Morgan fingerprint density at radius 1 is 1.12 bits per heavy atom. The summed E-state index contributed by atoms with van der Waals surface area (Å²) in [6, 6.07) is 8.05. The van der Waals surface area contributed by atoms with Crippen molar-refractivity contribution in [2.75, 3.05) is 0 Å². The number of aryl methyl sites for hydroxylation is 3. The molecule has 3 N–H and O–H groups in total. The van der Waals surface area contributed by atoms with Gasteiger partial charge in [0, 0.05) is 0 Å². The molecular weight excluding hydrogens is 212 g/mol. The number of furan rings is 1. The lowest BCUT2D eigenvalue weighted by Crippen LogP contribution is -2.29. The lowest BCUT2D eigenvalue weighted by Gasteiger charge is -2.18. The highest BCUT2D eigenvalue weighted by molar-refractivity contribution is 5.40. The highest BCUT2D eigenvalue weighted by Crippen LogP contribution is 2.26. The maximum atomic E-state index is 5.64. The van der Waals surface area contributed by atoms with Crippen LogP contribution in [0.2, 0.25) is 0 Å². The zero-order valence-electron chi connectivity index (χ0n) is 10.4. The number of benzene rings is 1. The Morgan fingerprint density at radius 3 is 2.41 bits per heavy atom. The van der Waals surface area contributed by atoms with Crippen molar-refractivity contribution in [3.05, 3.63) is 58.5 Å². The van der Waals surface area contributed by atoms with Crippen molar-refractivity contribution >= 4 is 0 Å². The van der Waals surface area contributed by atoms with E-state index < -0.39 is 0 Å². The summed E-state index contributed by atoms with van der Waals surface area (Å²) >= 11 is 0. The molecule has 1 aromatic carbocycles. The molecule has 0 saturated carbocycles. The molecule has 1 aromatic heterocycles. The number of hydrazine groups is 1. The van der Waals surface area contributed by atoms with Gasteiger partial charge in [-0.15, -0.1) is 0 Å². The molecule has 17 heavy (non-hydrogen) atoms. The van der Waals surface area contributed by atoms with Crippen LogP contribution in [0.1, 0.15) is 34.1 Å². The molecule has 0 aliphatic carbocycles. The summed E-state index contributed by atoms with van der Waals surface area (Å²) in [6.45, 7) is 6.31. The molecule has 1 heterocycles. The van der Waals surface area contributed by atoms with Crippen LogP contribution in [-0.2, 0) is 0 Å². The average Bonchev–Trinajstić information content (AvgIpc) is 2.80. The maximum absolute atomic E-state index is 5.64. The number of nitrogens with two attached hydrogens (primary N) is 1. The first-order chi connectivity index (χ1) is 8.13. The summed E-state index contributed by atoms with van der Waals surface area (Å²) in [5, 5.41) is 0. The quantitative estimate of drug-likeness (QED) is 0.629. The minimum atomic E-state index is -0.0932. The predicted octanol–water partition coefficient (Wildman–Crippen LogP) is 2.76. The molecular formula is C14H18N2O. The van der Waals surface area contributed by atoms with Gasteiger partial charge in [0.15, 0.2) is 0 Å². The first-order valence-corrected chi connectivity index (χ1v) is 5.70. The Labute approximate surface area is 102 Å². The van der Waals surface area contributed by atoms with Gasteiger partial charge < -0.3 is 4.42 Å². The van der Waals surface area contributed by atoms with Crippen LogP contribution < -0.4 is 11.3 Å². The van der Waals surface area contributed by atoms with Crippen LogP contribution in [0.15, 0.2) is 34.9 Å². The van der Waals surface area contributed by atoms with Crippen LogP contribution >= 0.6 is 0 Å². The van der Waals surface area contributed by atoms with Gasteiger partial charge in [-0.05, 0) is 55.2 Å². The van der Waals surface area contributed by atoms with E-state index in [2.05, 4.69) is 38.3 Å². The fourth-order valence-electron chi connectivity index (χ4n) is 2.07. The van der Waals surface area contributed by atoms with Gasteiger partial charge >= 0.3 is 0 Å². The second-order valence-corrected chi connectivity index (χ2v) is 4.41. The van der Waals surface area contributed by atoms with E-state index in [0.29, 0.717) is 0 Å². The monoisotopic (exact) mass is 230 g/mol. The molecule has 3 nitrogen and oxygen atoms in total. The van der Waals surface area contributed by atoms with Crippen LogP contribution in [0.5, 0.6) is 0 Å². The van der Waals surface area contributed by atoms with Gasteiger partial charge in [-0.2, -0.15) is 0 Å². The van der Waals surface area contributed by atoms with Crippen LogP contribution in [0, 0.1) is 20.8 Å². The second-order valence-electron chi connectivity index (χ2n) is 4.41. The fourth-order valence-corrected chi connectivity index (χ4v) is 2.07. The average molecular weight is 230 g/mol. The fraction of sp³-hybridized carbons (Fsp3) is 0.286. The van der Waals surface area contributed by atoms with Crippen molar-refractivity contribution in [3.63, 3.8) is 0 Å². The third-order valence-electron chi connectivity index (χ3n) is 3.19. The topological polar surface area (TPSA) is 51.2 Å². The first-order valence-electron chi connectivity index (χ1n) is 5.70. The molecule has 2 rings (SSSR count). The zero-order valence-corrected chi connectivity index (χ0v) is 10.4. The largest absolute Gasteiger partial charge is 0.467 e. The third-order valence-corrected chi connectivity index (χ3v) is 3.19. The Morgan fingerprint density at radius 2 is 1.82 bits per heavy atom. The van der Waals surface area contributed by atoms with Gasteiger partial charge in [-0.25, -0.2) is 5.43 Å². The Hall–Kier alpha value is -1.58. The van der Waals surface area contributed by atoms with Gasteiger partial charge in [0.1, 0.15) is 11.8 Å². The summed E-state index contributed by atoms with van der Waals surface area (Å²) in [6.07, 6.45) is 1.66. The molecule has 2 aromatic rings. The minimum absolute atomic E-state index is 0.0932. The van der Waals surface area contributed by atoms with E-state index in [9.17, 15) is 0 Å². The lowest BCUT2D eigenvalue weighted by atomic mass is 9.95. The molecule has 0 saturated heterocycles. The van der Waals surface area contributed by atoms with E-state index in [1.54, 1.807) is 6.26 Å². The Balaban J connectivity index is 2.48. The molecule has 1 atom stereocenters. The third kappa shape index (κ3) is 2.25. The van der Waals surface area contributed by atoms with Crippen molar-refractivity contribution in [3.8, 4) is 0 Å². The van der Waals surface area contributed by atoms with E-state index in [-0.39, 0.29) is 6.04 Å². The molecule has 1 unspecified atom stereocenters. The normalized spacial score (nSPS) is 12.7. The summed E-state index contributed by atoms with van der Waals surface area (Å²) in [5.41, 5.74) is 7.74. The van der Waals surface area contributed by atoms with Gasteiger partial charge in [-0.3, -0.25) is 5.84 Å². The molecule has 0 aliphatic heterocycles. The standard InChI is InChI=1S/C14H18N2O/c1-9-7-11(3)12(8-10(9)2)14(16-15)13-5-4-6-17-13/h4-8,14,16H,15H2,1-3H3. The molecule has 0 radical (unpaired) electrons. The smallest absolute Gasteiger partial charge is 0.126 e. The second kappa shape index (κ2) is 4.73. The van der Waals surface area contributed by atoms with E-state index in [4.69, 9.17) is 10.3 Å². The summed E-state index contributed by atoms with van der Waals surface area (Å²) < 4.78 is 5.42. The molecule has 3 heteroatoms. The van der Waals surface area contributed by atoms with Crippen LogP contribution in [0.25, 0.3) is 0 Å². The summed E-state index contributed by atoms with van der Waals surface area (Å²) in [7, 11) is 0. The Bertz CT molecular complexity index is 503. The van der Waals surface area contributed by atoms with Gasteiger partial charge in [-0.1, -0.05) is 12.1 Å². The van der Waals surface area contributed by atoms with Crippen LogP contribution in [-0.4, -0.2) is 0 Å². The summed E-state index contributed by atoms with van der Waals surface area (Å²) in [5.74, 6) is 6.48. The van der Waals surface area contributed by atoms with E-state index in [0.717, 1.165) is 11.3 Å². The predicted molar refractivity (Wildman–Crippen MR) is 68.5 cm³/mol. The molecule has 0 spiro atoms. The molecule has 0 fully saturated rings. The van der Waals surface area contributed by atoms with Crippen molar-refractivity contribution in [1.82, 2.24) is 5.43 Å². The summed E-state index contributed by atoms with van der Waals surface area (Å²) in [4.78, 5) is 0. The molecule has 0 bridgehead atoms. The highest BCUT2D eigenvalue weighted by Gasteiger charge is 2.17. The number of rotatable bonds is 3. The van der Waals surface area contributed by atoms with Crippen molar-refractivity contribution in [2.45, 2.75) is 26.8 Å². The SMILES string of the molecule is Cc1cc(C)c(C(NN)c2ccco2)cc1C. The van der Waals surface area contributed by atoms with Crippen molar-refractivity contribution in [2.24, 2.45) is 5.84 Å². The lowest BCUT2D eigenvalue weighted by molar-refractivity contribution is 0.451. The minimum Gasteiger partial charge on any atom is -0.467 e. The first kappa shape index (κ1) is 11.9. The van der Waals surface area contributed by atoms with E-state index >= 15 is 0 Å². The van der Waals surface area contributed by atoms with Gasteiger partial charge in [0.2, 0.25) is 0 Å². The number of hydrogen-bond acceptors (Lipinski definition) is 3. The van der Waals surface area contributed by atoms with Gasteiger partial charge in [0.25, 0.3) is 0 Å². The highest BCUT2D eigenvalue weighted by atomic mass is 16.3.